The summed E-state index contributed by atoms with van der Waals surface area (Å²) in [4.78, 5) is 22.6. The van der Waals surface area contributed by atoms with Gasteiger partial charge in [-0.1, -0.05) is 0 Å². The first-order chi connectivity index (χ1) is 15.8. The van der Waals surface area contributed by atoms with Crippen LogP contribution < -0.4 is 26.3 Å². The standard InChI is InChI=1S/C21H26F3N7O3/c1-5-33-17-15(11-25)16(29-19(26)30-17)20(2,27)18(32)28-13-8-12(21(22,23)24)9-14(10-13)34-7-6-31(3)4/h8-10H,5-7,27H2,1-4H3,(H,28,32)(H2,26,29,30)/t20-/m1/s1. The van der Waals surface area contributed by atoms with E-state index in [0.717, 1.165) is 12.1 Å². The second-order valence-corrected chi connectivity index (χ2v) is 7.71. The minimum absolute atomic E-state index is 0.0895. The first-order valence-electron chi connectivity index (χ1n) is 10.1. The van der Waals surface area contributed by atoms with Crippen molar-refractivity contribution in [3.05, 3.63) is 35.0 Å². The molecular formula is C21H26F3N7O3. The molecule has 1 amide bonds. The molecule has 0 fully saturated rings. The summed E-state index contributed by atoms with van der Waals surface area (Å²) in [5, 5.41) is 11.9. The Bertz CT molecular complexity index is 1080. The number of halogens is 3. The number of alkyl halides is 3. The van der Waals surface area contributed by atoms with Crippen LogP contribution in [0.1, 0.15) is 30.7 Å². The number of ether oxygens (including phenoxy) is 2. The Hall–Kier alpha value is -3.63. The number of nitrogens with one attached hydrogen (secondary N) is 1. The number of benzene rings is 1. The van der Waals surface area contributed by atoms with E-state index in [1.807, 2.05) is 6.07 Å². The van der Waals surface area contributed by atoms with Crippen molar-refractivity contribution in [2.75, 3.05) is 44.9 Å². The number of hydrogen-bond acceptors (Lipinski definition) is 9. The predicted octanol–water partition coefficient (Wildman–Crippen LogP) is 2.10. The van der Waals surface area contributed by atoms with E-state index in [0.29, 0.717) is 6.54 Å². The summed E-state index contributed by atoms with van der Waals surface area (Å²) in [5.41, 5.74) is 8.21. The molecule has 1 aromatic heterocycles. The monoisotopic (exact) mass is 481 g/mol. The van der Waals surface area contributed by atoms with Crippen molar-refractivity contribution in [1.82, 2.24) is 14.9 Å². The number of anilines is 2. The van der Waals surface area contributed by atoms with Crippen LogP contribution in [-0.4, -0.2) is 54.6 Å². The molecule has 184 valence electrons. The van der Waals surface area contributed by atoms with Crippen LogP contribution >= 0.6 is 0 Å². The maximum Gasteiger partial charge on any atom is 0.416 e. The van der Waals surface area contributed by atoms with E-state index in [-0.39, 0.29) is 47.7 Å². The van der Waals surface area contributed by atoms with Crippen LogP contribution in [0.3, 0.4) is 0 Å². The Morgan fingerprint density at radius 1 is 1.24 bits per heavy atom. The van der Waals surface area contributed by atoms with Gasteiger partial charge >= 0.3 is 6.18 Å². The van der Waals surface area contributed by atoms with E-state index in [9.17, 15) is 23.2 Å². The molecule has 5 N–H and O–H groups in total. The summed E-state index contributed by atoms with van der Waals surface area (Å²) in [6, 6.07) is 4.65. The highest BCUT2D eigenvalue weighted by Crippen LogP contribution is 2.35. The van der Waals surface area contributed by atoms with Crippen molar-refractivity contribution >= 4 is 17.5 Å². The molecule has 1 atom stereocenters. The molecule has 0 saturated carbocycles. The van der Waals surface area contributed by atoms with Gasteiger partial charge < -0.3 is 31.2 Å². The molecule has 10 nitrogen and oxygen atoms in total. The van der Waals surface area contributed by atoms with Crippen molar-refractivity contribution < 1.29 is 27.4 Å². The van der Waals surface area contributed by atoms with E-state index in [1.165, 1.54) is 13.0 Å². The van der Waals surface area contributed by atoms with Crippen molar-refractivity contribution in [3.63, 3.8) is 0 Å². The largest absolute Gasteiger partial charge is 0.492 e. The Balaban J connectivity index is 2.43. The Morgan fingerprint density at radius 3 is 2.47 bits per heavy atom. The van der Waals surface area contributed by atoms with Gasteiger partial charge in [-0.15, -0.1) is 0 Å². The highest BCUT2D eigenvalue weighted by Gasteiger charge is 2.38. The number of nitriles is 1. The lowest BCUT2D eigenvalue weighted by Crippen LogP contribution is -2.47. The van der Waals surface area contributed by atoms with Gasteiger partial charge in [-0.3, -0.25) is 4.79 Å². The number of carbonyl (C=O) groups excluding carboxylic acids is 1. The number of nitrogen functional groups attached to an aromatic ring is 1. The summed E-state index contributed by atoms with van der Waals surface area (Å²) in [6.07, 6.45) is -4.69. The lowest BCUT2D eigenvalue weighted by Gasteiger charge is -2.25. The van der Waals surface area contributed by atoms with Crippen molar-refractivity contribution in [2.45, 2.75) is 25.6 Å². The molecular weight excluding hydrogens is 455 g/mol. The van der Waals surface area contributed by atoms with Gasteiger partial charge in [0, 0.05) is 18.3 Å². The molecule has 0 spiro atoms. The molecule has 1 heterocycles. The zero-order valence-electron chi connectivity index (χ0n) is 19.2. The van der Waals surface area contributed by atoms with Crippen molar-refractivity contribution in [3.8, 4) is 17.7 Å². The number of nitrogens with two attached hydrogens (primary N) is 2. The summed E-state index contributed by atoms with van der Waals surface area (Å²) in [7, 11) is 3.57. The quantitative estimate of drug-likeness (QED) is 0.489. The predicted molar refractivity (Wildman–Crippen MR) is 118 cm³/mol. The lowest BCUT2D eigenvalue weighted by molar-refractivity contribution is -0.137. The van der Waals surface area contributed by atoms with E-state index < -0.39 is 23.2 Å². The molecule has 34 heavy (non-hydrogen) atoms. The highest BCUT2D eigenvalue weighted by atomic mass is 19.4. The van der Waals surface area contributed by atoms with E-state index >= 15 is 0 Å². The van der Waals surface area contributed by atoms with Crippen molar-refractivity contribution in [1.29, 1.82) is 5.26 Å². The normalized spacial score (nSPS) is 13.2. The molecule has 2 aromatic rings. The second-order valence-electron chi connectivity index (χ2n) is 7.71. The van der Waals surface area contributed by atoms with Crippen LogP contribution in [0.25, 0.3) is 0 Å². The van der Waals surface area contributed by atoms with Gasteiger partial charge in [0.05, 0.1) is 17.9 Å². The average Bonchev–Trinajstić information content (AvgIpc) is 2.72. The fourth-order valence-corrected chi connectivity index (χ4v) is 2.81. The van der Waals surface area contributed by atoms with E-state index in [1.54, 1.807) is 25.9 Å². The van der Waals surface area contributed by atoms with Crippen LogP contribution in [0.2, 0.25) is 0 Å². The molecule has 0 aliphatic heterocycles. The first kappa shape index (κ1) is 26.6. The molecule has 2 rings (SSSR count). The molecule has 1 aromatic carbocycles. The van der Waals surface area contributed by atoms with Gasteiger partial charge in [0.1, 0.15) is 29.5 Å². The Kier molecular flexibility index (Phi) is 8.25. The smallest absolute Gasteiger partial charge is 0.416 e. The summed E-state index contributed by atoms with van der Waals surface area (Å²) >= 11 is 0. The van der Waals surface area contributed by atoms with Gasteiger partial charge in [0.15, 0.2) is 0 Å². The maximum absolute atomic E-state index is 13.4. The number of nitrogens with zero attached hydrogens (tertiary/aromatic N) is 4. The summed E-state index contributed by atoms with van der Waals surface area (Å²) < 4.78 is 50.9. The second kappa shape index (κ2) is 10.5. The highest BCUT2D eigenvalue weighted by molar-refractivity contribution is 5.98. The Morgan fingerprint density at radius 2 is 1.91 bits per heavy atom. The SMILES string of the molecule is CCOc1nc(N)nc([C@@](C)(N)C(=O)Nc2cc(OCCN(C)C)cc(C(F)(F)F)c2)c1C#N. The third-order valence-corrected chi connectivity index (χ3v) is 4.55. The number of hydrogen-bond donors (Lipinski definition) is 3. The summed E-state index contributed by atoms with van der Waals surface area (Å²) in [6.45, 7) is 3.64. The zero-order valence-corrected chi connectivity index (χ0v) is 19.2. The van der Waals surface area contributed by atoms with Crippen LogP contribution in [0.5, 0.6) is 11.6 Å². The number of rotatable bonds is 9. The number of amides is 1. The fourth-order valence-electron chi connectivity index (χ4n) is 2.81. The third-order valence-electron chi connectivity index (χ3n) is 4.55. The van der Waals surface area contributed by atoms with Crippen LogP contribution in [-0.2, 0) is 16.5 Å². The van der Waals surface area contributed by atoms with E-state index in [4.69, 9.17) is 20.9 Å². The molecule has 0 bridgehead atoms. The molecule has 0 aliphatic rings. The number of carbonyl (C=O) groups is 1. The Labute approximate surface area is 194 Å². The minimum atomic E-state index is -4.69. The fraction of sp³-hybridized carbons (Fsp3) is 0.429. The van der Waals surface area contributed by atoms with Gasteiger partial charge in [0.25, 0.3) is 0 Å². The van der Waals surface area contributed by atoms with Gasteiger partial charge in [-0.25, -0.2) is 4.98 Å². The van der Waals surface area contributed by atoms with Crippen LogP contribution in [0.15, 0.2) is 18.2 Å². The van der Waals surface area contributed by atoms with Crippen molar-refractivity contribution in [2.24, 2.45) is 5.73 Å². The van der Waals surface area contributed by atoms with E-state index in [2.05, 4.69) is 15.3 Å². The first-order valence-corrected chi connectivity index (χ1v) is 10.1. The molecule has 0 saturated heterocycles. The minimum Gasteiger partial charge on any atom is -0.492 e. The molecule has 13 heteroatoms. The average molecular weight is 481 g/mol. The van der Waals surface area contributed by atoms with Crippen LogP contribution in [0.4, 0.5) is 24.8 Å². The topological polar surface area (TPSA) is 152 Å². The molecule has 0 aliphatic carbocycles. The summed E-state index contributed by atoms with van der Waals surface area (Å²) in [5.74, 6) is -1.48. The van der Waals surface area contributed by atoms with Crippen LogP contribution in [0, 0.1) is 11.3 Å². The third kappa shape index (κ3) is 6.46. The lowest BCUT2D eigenvalue weighted by atomic mass is 9.93. The number of aromatic nitrogens is 2. The number of likely N-dealkylation sites (N-methyl/N-ethyl adjacent to an activating group) is 1. The van der Waals surface area contributed by atoms with Gasteiger partial charge in [-0.05, 0) is 40.1 Å². The van der Waals surface area contributed by atoms with Gasteiger partial charge in [-0.2, -0.15) is 23.4 Å². The van der Waals surface area contributed by atoms with Gasteiger partial charge in [0.2, 0.25) is 17.7 Å². The maximum atomic E-state index is 13.4. The molecule has 0 radical (unpaired) electrons. The molecule has 0 unspecified atom stereocenters. The zero-order chi connectivity index (χ0) is 25.7.